The summed E-state index contributed by atoms with van der Waals surface area (Å²) in [5.41, 5.74) is 5.81. The van der Waals surface area contributed by atoms with E-state index in [-0.39, 0.29) is 13.0 Å². The summed E-state index contributed by atoms with van der Waals surface area (Å²) in [5.74, 6) is -2.36. The molecular weight excluding hydrogens is 257 g/mol. The third kappa shape index (κ3) is 3.26. The van der Waals surface area contributed by atoms with Crippen LogP contribution < -0.4 is 5.73 Å². The van der Waals surface area contributed by atoms with Gasteiger partial charge in [0.1, 0.15) is 6.17 Å². The normalized spacial score (nSPS) is 23.7. The Hall–Kier alpha value is -1.56. The molecule has 0 radical (unpaired) electrons. The predicted octanol–water partition coefficient (Wildman–Crippen LogP) is 1.41. The van der Waals surface area contributed by atoms with E-state index < -0.39 is 29.8 Å². The molecule has 2 rings (SSSR count). The number of carbonyl (C=O) groups excluding carboxylic acids is 1. The first-order valence-electron chi connectivity index (χ1n) is 6.08. The molecule has 19 heavy (non-hydrogen) atoms. The zero-order chi connectivity index (χ0) is 14.0. The summed E-state index contributed by atoms with van der Waals surface area (Å²) in [6, 6.07) is 3.02. The smallest absolute Gasteiger partial charge is 0.234 e. The maximum Gasteiger partial charge on any atom is 0.234 e. The van der Waals surface area contributed by atoms with Crippen molar-refractivity contribution in [3.63, 3.8) is 0 Å². The number of nitrogens with two attached hydrogens (primary N) is 1. The lowest BCUT2D eigenvalue weighted by molar-refractivity contribution is -0.122. The lowest BCUT2D eigenvalue weighted by Crippen LogP contribution is -2.41. The molecule has 2 N–H and O–H groups in total. The zero-order valence-corrected chi connectivity index (χ0v) is 10.3. The SMILES string of the molecule is NC(=O)[C@@H]1C[C@@H](F)CN1CCc1ccc(F)c(F)c1. The number of halogens is 3. The second kappa shape index (κ2) is 5.61. The van der Waals surface area contributed by atoms with Gasteiger partial charge in [0.15, 0.2) is 11.6 Å². The van der Waals surface area contributed by atoms with Gasteiger partial charge in [-0.25, -0.2) is 13.2 Å². The van der Waals surface area contributed by atoms with Crippen molar-refractivity contribution in [3.05, 3.63) is 35.4 Å². The van der Waals surface area contributed by atoms with Crippen LogP contribution in [0.1, 0.15) is 12.0 Å². The molecule has 0 unspecified atom stereocenters. The second-order valence-corrected chi connectivity index (χ2v) is 4.74. The van der Waals surface area contributed by atoms with Gasteiger partial charge in [0.05, 0.1) is 6.04 Å². The van der Waals surface area contributed by atoms with E-state index in [1.54, 1.807) is 4.90 Å². The minimum absolute atomic E-state index is 0.104. The van der Waals surface area contributed by atoms with Crippen molar-refractivity contribution in [1.29, 1.82) is 0 Å². The van der Waals surface area contributed by atoms with Gasteiger partial charge >= 0.3 is 0 Å². The number of benzene rings is 1. The highest BCUT2D eigenvalue weighted by molar-refractivity contribution is 5.80. The van der Waals surface area contributed by atoms with Gasteiger partial charge in [0.25, 0.3) is 0 Å². The first kappa shape index (κ1) is 13.9. The van der Waals surface area contributed by atoms with E-state index in [1.165, 1.54) is 6.07 Å². The second-order valence-electron chi connectivity index (χ2n) is 4.74. The number of alkyl halides is 1. The summed E-state index contributed by atoms with van der Waals surface area (Å²) in [4.78, 5) is 12.8. The monoisotopic (exact) mass is 272 g/mol. The zero-order valence-electron chi connectivity index (χ0n) is 10.3. The number of carbonyl (C=O) groups is 1. The Morgan fingerprint density at radius 1 is 1.37 bits per heavy atom. The summed E-state index contributed by atoms with van der Waals surface area (Å²) in [6.45, 7) is 0.538. The highest BCUT2D eigenvalue weighted by atomic mass is 19.2. The molecule has 104 valence electrons. The Bertz CT molecular complexity index is 481. The highest BCUT2D eigenvalue weighted by Gasteiger charge is 2.35. The Morgan fingerprint density at radius 2 is 2.11 bits per heavy atom. The Morgan fingerprint density at radius 3 is 2.74 bits per heavy atom. The Labute approximate surface area is 109 Å². The van der Waals surface area contributed by atoms with E-state index in [0.717, 1.165) is 12.1 Å². The topological polar surface area (TPSA) is 46.3 Å². The average Bonchev–Trinajstić information content (AvgIpc) is 2.72. The summed E-state index contributed by atoms with van der Waals surface area (Å²) < 4.78 is 39.1. The van der Waals surface area contributed by atoms with Crippen molar-refractivity contribution in [2.45, 2.75) is 25.1 Å². The van der Waals surface area contributed by atoms with E-state index in [9.17, 15) is 18.0 Å². The third-order valence-corrected chi connectivity index (χ3v) is 3.35. The van der Waals surface area contributed by atoms with Crippen molar-refractivity contribution >= 4 is 5.91 Å². The first-order chi connectivity index (χ1) is 8.97. The van der Waals surface area contributed by atoms with Crippen LogP contribution in [0.3, 0.4) is 0 Å². The number of amides is 1. The van der Waals surface area contributed by atoms with Gasteiger partial charge in [-0.3, -0.25) is 9.69 Å². The van der Waals surface area contributed by atoms with Gasteiger partial charge in [-0.05, 0) is 24.1 Å². The third-order valence-electron chi connectivity index (χ3n) is 3.35. The van der Waals surface area contributed by atoms with Crippen LogP contribution in [0.2, 0.25) is 0 Å². The fourth-order valence-electron chi connectivity index (χ4n) is 2.36. The fraction of sp³-hybridized carbons (Fsp3) is 0.462. The number of hydrogen-bond donors (Lipinski definition) is 1. The molecule has 1 heterocycles. The summed E-state index contributed by atoms with van der Waals surface area (Å²) in [5, 5.41) is 0. The molecule has 0 aromatic heterocycles. The number of primary amides is 1. The van der Waals surface area contributed by atoms with Crippen LogP contribution in [0.25, 0.3) is 0 Å². The minimum Gasteiger partial charge on any atom is -0.368 e. The predicted molar refractivity (Wildman–Crippen MR) is 64.1 cm³/mol. The molecule has 1 aromatic rings. The van der Waals surface area contributed by atoms with Crippen molar-refractivity contribution in [1.82, 2.24) is 4.90 Å². The van der Waals surface area contributed by atoms with Gasteiger partial charge in [0.2, 0.25) is 5.91 Å². The van der Waals surface area contributed by atoms with Crippen LogP contribution in [0.15, 0.2) is 18.2 Å². The molecule has 1 fully saturated rings. The fourth-order valence-corrected chi connectivity index (χ4v) is 2.36. The molecule has 1 saturated heterocycles. The molecule has 1 aliphatic rings. The molecule has 0 spiro atoms. The number of hydrogen-bond acceptors (Lipinski definition) is 2. The molecule has 1 amide bonds. The van der Waals surface area contributed by atoms with Gasteiger partial charge in [-0.2, -0.15) is 0 Å². The average molecular weight is 272 g/mol. The largest absolute Gasteiger partial charge is 0.368 e. The summed E-state index contributed by atoms with van der Waals surface area (Å²) in [6.07, 6.45) is -0.552. The van der Waals surface area contributed by atoms with Gasteiger partial charge in [0, 0.05) is 19.5 Å². The van der Waals surface area contributed by atoms with Crippen molar-refractivity contribution in [2.75, 3.05) is 13.1 Å². The van der Waals surface area contributed by atoms with E-state index in [4.69, 9.17) is 5.73 Å². The number of rotatable bonds is 4. The molecule has 0 saturated carbocycles. The van der Waals surface area contributed by atoms with Gasteiger partial charge < -0.3 is 5.73 Å². The maximum atomic E-state index is 13.3. The van der Waals surface area contributed by atoms with E-state index in [1.807, 2.05) is 0 Å². The molecule has 0 bridgehead atoms. The summed E-state index contributed by atoms with van der Waals surface area (Å²) >= 11 is 0. The van der Waals surface area contributed by atoms with E-state index in [0.29, 0.717) is 18.5 Å². The van der Waals surface area contributed by atoms with Crippen LogP contribution in [0, 0.1) is 11.6 Å². The van der Waals surface area contributed by atoms with Crippen LogP contribution in [-0.2, 0) is 11.2 Å². The minimum atomic E-state index is -1.07. The Kier molecular flexibility index (Phi) is 4.09. The maximum absolute atomic E-state index is 13.3. The van der Waals surface area contributed by atoms with Gasteiger partial charge in [-0.1, -0.05) is 6.07 Å². The molecule has 1 aromatic carbocycles. The van der Waals surface area contributed by atoms with Gasteiger partial charge in [-0.15, -0.1) is 0 Å². The van der Waals surface area contributed by atoms with Crippen LogP contribution in [0.4, 0.5) is 13.2 Å². The molecule has 1 aliphatic heterocycles. The lowest BCUT2D eigenvalue weighted by Gasteiger charge is -2.21. The van der Waals surface area contributed by atoms with Crippen molar-refractivity contribution in [3.8, 4) is 0 Å². The molecular formula is C13H15F3N2O. The Balaban J connectivity index is 1.97. The molecule has 2 atom stereocenters. The van der Waals surface area contributed by atoms with Crippen LogP contribution >= 0.6 is 0 Å². The standard InChI is InChI=1S/C13H15F3N2O/c14-9-6-12(13(17)19)18(7-9)4-3-8-1-2-10(15)11(16)5-8/h1-2,5,9,12H,3-4,6-7H2,(H2,17,19)/t9-,12+/m1/s1. The molecule has 3 nitrogen and oxygen atoms in total. The lowest BCUT2D eigenvalue weighted by atomic mass is 10.1. The molecule has 6 heteroatoms. The highest BCUT2D eigenvalue weighted by Crippen LogP contribution is 2.20. The van der Waals surface area contributed by atoms with Crippen molar-refractivity contribution in [2.24, 2.45) is 5.73 Å². The van der Waals surface area contributed by atoms with E-state index >= 15 is 0 Å². The quantitative estimate of drug-likeness (QED) is 0.900. The number of nitrogens with zero attached hydrogens (tertiary/aromatic N) is 1. The molecule has 0 aliphatic carbocycles. The van der Waals surface area contributed by atoms with Crippen LogP contribution in [0.5, 0.6) is 0 Å². The van der Waals surface area contributed by atoms with Crippen molar-refractivity contribution < 1.29 is 18.0 Å². The van der Waals surface area contributed by atoms with Crippen LogP contribution in [-0.4, -0.2) is 36.1 Å². The van der Waals surface area contributed by atoms with E-state index in [2.05, 4.69) is 0 Å². The summed E-state index contributed by atoms with van der Waals surface area (Å²) in [7, 11) is 0. The number of likely N-dealkylation sites (tertiary alicyclic amines) is 1. The first-order valence-corrected chi connectivity index (χ1v) is 6.08.